The lowest BCUT2D eigenvalue weighted by atomic mass is 10.1. The van der Waals surface area contributed by atoms with Crippen LogP contribution < -0.4 is 10.6 Å². The molecule has 0 saturated heterocycles. The van der Waals surface area contributed by atoms with E-state index in [0.717, 1.165) is 5.56 Å². The first-order valence-corrected chi connectivity index (χ1v) is 8.10. The second kappa shape index (κ2) is 6.88. The number of amides is 1. The fourth-order valence-electron chi connectivity index (χ4n) is 1.88. The van der Waals surface area contributed by atoms with Gasteiger partial charge in [0, 0.05) is 18.2 Å². The van der Waals surface area contributed by atoms with Crippen molar-refractivity contribution in [3.8, 4) is 0 Å². The standard InChI is InChI=1S/C14H13Cl3N2OS/c1-7(9-6-12(16)21-13(9)17)19-11-5-8(14(20)18-2)3-4-10(11)15/h3-7,19H,1-2H3,(H,18,20). The average Bonchev–Trinajstić information content (AvgIpc) is 2.79. The van der Waals surface area contributed by atoms with Crippen LogP contribution in [0.3, 0.4) is 0 Å². The van der Waals surface area contributed by atoms with Crippen LogP contribution in [-0.4, -0.2) is 13.0 Å². The van der Waals surface area contributed by atoms with Crippen LogP contribution in [0.25, 0.3) is 0 Å². The van der Waals surface area contributed by atoms with Crippen molar-refractivity contribution in [3.63, 3.8) is 0 Å². The zero-order chi connectivity index (χ0) is 15.6. The van der Waals surface area contributed by atoms with Gasteiger partial charge < -0.3 is 10.6 Å². The molecule has 0 fully saturated rings. The number of nitrogens with one attached hydrogen (secondary N) is 2. The van der Waals surface area contributed by atoms with Crippen molar-refractivity contribution in [2.75, 3.05) is 12.4 Å². The van der Waals surface area contributed by atoms with Crippen molar-refractivity contribution in [3.05, 3.63) is 49.1 Å². The Kier molecular flexibility index (Phi) is 5.38. The summed E-state index contributed by atoms with van der Waals surface area (Å²) >= 11 is 19.6. The second-order valence-electron chi connectivity index (χ2n) is 4.42. The highest BCUT2D eigenvalue weighted by Crippen LogP contribution is 2.37. The van der Waals surface area contributed by atoms with E-state index in [1.165, 1.54) is 11.3 Å². The van der Waals surface area contributed by atoms with E-state index in [-0.39, 0.29) is 11.9 Å². The molecule has 2 N–H and O–H groups in total. The molecule has 1 aromatic carbocycles. The van der Waals surface area contributed by atoms with Crippen LogP contribution >= 0.6 is 46.1 Å². The number of hydrogen-bond donors (Lipinski definition) is 2. The summed E-state index contributed by atoms with van der Waals surface area (Å²) in [5, 5.41) is 6.36. The van der Waals surface area contributed by atoms with Gasteiger partial charge in [0.25, 0.3) is 5.91 Å². The van der Waals surface area contributed by atoms with Crippen molar-refractivity contribution in [1.82, 2.24) is 5.32 Å². The molecule has 1 amide bonds. The lowest BCUT2D eigenvalue weighted by molar-refractivity contribution is 0.0963. The van der Waals surface area contributed by atoms with E-state index >= 15 is 0 Å². The third-order valence-corrected chi connectivity index (χ3v) is 4.82. The van der Waals surface area contributed by atoms with E-state index in [1.54, 1.807) is 25.2 Å². The van der Waals surface area contributed by atoms with Crippen molar-refractivity contribution in [2.45, 2.75) is 13.0 Å². The van der Waals surface area contributed by atoms with Gasteiger partial charge in [-0.2, -0.15) is 0 Å². The molecule has 1 aromatic heterocycles. The normalized spacial score (nSPS) is 12.0. The zero-order valence-electron chi connectivity index (χ0n) is 11.3. The van der Waals surface area contributed by atoms with Gasteiger partial charge >= 0.3 is 0 Å². The van der Waals surface area contributed by atoms with Crippen LogP contribution in [0, 0.1) is 0 Å². The average molecular weight is 364 g/mol. The maximum Gasteiger partial charge on any atom is 0.251 e. The Hall–Kier alpha value is -0.940. The predicted octanol–water partition coefficient (Wildman–Crippen LogP) is 5.24. The molecule has 1 atom stereocenters. The number of thiophene rings is 1. The number of carbonyl (C=O) groups excluding carboxylic acids is 1. The number of anilines is 1. The van der Waals surface area contributed by atoms with E-state index in [4.69, 9.17) is 34.8 Å². The number of benzene rings is 1. The van der Waals surface area contributed by atoms with Crippen LogP contribution in [0.4, 0.5) is 5.69 Å². The zero-order valence-corrected chi connectivity index (χ0v) is 14.4. The highest BCUT2D eigenvalue weighted by atomic mass is 35.5. The molecule has 2 aromatic rings. The highest BCUT2D eigenvalue weighted by Gasteiger charge is 2.15. The summed E-state index contributed by atoms with van der Waals surface area (Å²) in [6.07, 6.45) is 0. The molecular weight excluding hydrogens is 351 g/mol. The predicted molar refractivity (Wildman–Crippen MR) is 91.2 cm³/mol. The topological polar surface area (TPSA) is 41.1 Å². The molecule has 0 saturated carbocycles. The van der Waals surface area contributed by atoms with Gasteiger partial charge in [-0.1, -0.05) is 34.8 Å². The van der Waals surface area contributed by atoms with Crippen molar-refractivity contribution in [2.24, 2.45) is 0 Å². The first-order valence-electron chi connectivity index (χ1n) is 6.15. The van der Waals surface area contributed by atoms with E-state index in [9.17, 15) is 4.79 Å². The SMILES string of the molecule is CNC(=O)c1ccc(Cl)c(NC(C)c2cc(Cl)sc2Cl)c1. The molecule has 0 aliphatic rings. The van der Waals surface area contributed by atoms with E-state index < -0.39 is 0 Å². The van der Waals surface area contributed by atoms with Crippen LogP contribution in [-0.2, 0) is 0 Å². The van der Waals surface area contributed by atoms with Crippen LogP contribution in [0.5, 0.6) is 0 Å². The first-order chi connectivity index (χ1) is 9.92. The molecule has 1 heterocycles. The molecule has 0 radical (unpaired) electrons. The Morgan fingerprint density at radius 3 is 2.52 bits per heavy atom. The van der Waals surface area contributed by atoms with Crippen molar-refractivity contribution < 1.29 is 4.79 Å². The van der Waals surface area contributed by atoms with Gasteiger partial charge in [0.2, 0.25) is 0 Å². The Labute approximate surface area is 142 Å². The molecule has 0 spiro atoms. The Balaban J connectivity index is 2.26. The fraction of sp³-hybridized carbons (Fsp3) is 0.214. The maximum atomic E-state index is 11.7. The molecule has 0 bridgehead atoms. The molecule has 0 aliphatic carbocycles. The van der Waals surface area contributed by atoms with Crippen molar-refractivity contribution >= 4 is 57.7 Å². The van der Waals surface area contributed by atoms with Crippen LogP contribution in [0.15, 0.2) is 24.3 Å². The van der Waals surface area contributed by atoms with Gasteiger partial charge in [-0.25, -0.2) is 0 Å². The molecule has 1 unspecified atom stereocenters. The molecule has 112 valence electrons. The number of halogens is 3. The summed E-state index contributed by atoms with van der Waals surface area (Å²) in [6, 6.07) is 6.80. The highest BCUT2D eigenvalue weighted by molar-refractivity contribution is 7.20. The third kappa shape index (κ3) is 3.83. The molecule has 7 heteroatoms. The molecule has 21 heavy (non-hydrogen) atoms. The summed E-state index contributed by atoms with van der Waals surface area (Å²) in [5.41, 5.74) is 2.10. The van der Waals surface area contributed by atoms with E-state index in [1.807, 2.05) is 13.0 Å². The minimum atomic E-state index is -0.168. The lowest BCUT2D eigenvalue weighted by Gasteiger charge is -2.16. The summed E-state index contributed by atoms with van der Waals surface area (Å²) in [4.78, 5) is 11.7. The van der Waals surface area contributed by atoms with Gasteiger partial charge in [0.05, 0.1) is 25.4 Å². The Bertz CT molecular complexity index is 672. The summed E-state index contributed by atoms with van der Waals surface area (Å²) in [5.74, 6) is -0.168. The quantitative estimate of drug-likeness (QED) is 0.780. The molecule has 3 nitrogen and oxygen atoms in total. The monoisotopic (exact) mass is 362 g/mol. The third-order valence-electron chi connectivity index (χ3n) is 2.98. The molecule has 2 rings (SSSR count). The Morgan fingerprint density at radius 2 is 1.95 bits per heavy atom. The van der Waals surface area contributed by atoms with Crippen LogP contribution in [0.1, 0.15) is 28.9 Å². The Morgan fingerprint density at radius 1 is 1.24 bits per heavy atom. The summed E-state index contributed by atoms with van der Waals surface area (Å²) < 4.78 is 1.27. The smallest absolute Gasteiger partial charge is 0.251 e. The van der Waals surface area contributed by atoms with Gasteiger partial charge in [0.15, 0.2) is 0 Å². The maximum absolute atomic E-state index is 11.7. The van der Waals surface area contributed by atoms with Crippen molar-refractivity contribution in [1.29, 1.82) is 0 Å². The van der Waals surface area contributed by atoms with E-state index in [2.05, 4.69) is 10.6 Å². The van der Waals surface area contributed by atoms with Crippen LogP contribution in [0.2, 0.25) is 13.7 Å². The molecular formula is C14H13Cl3N2OS. The van der Waals surface area contributed by atoms with Gasteiger partial charge in [-0.15, -0.1) is 11.3 Å². The van der Waals surface area contributed by atoms with Gasteiger partial charge in [-0.05, 0) is 31.2 Å². The minimum absolute atomic E-state index is 0.0845. The minimum Gasteiger partial charge on any atom is -0.377 e. The van der Waals surface area contributed by atoms with E-state index in [0.29, 0.717) is 24.9 Å². The molecule has 0 aliphatic heterocycles. The fourth-order valence-corrected chi connectivity index (χ4v) is 3.70. The van der Waals surface area contributed by atoms with Gasteiger partial charge in [-0.3, -0.25) is 4.79 Å². The summed E-state index contributed by atoms with van der Waals surface area (Å²) in [7, 11) is 1.58. The summed E-state index contributed by atoms with van der Waals surface area (Å²) in [6.45, 7) is 1.95. The number of rotatable bonds is 4. The number of hydrogen-bond acceptors (Lipinski definition) is 3. The lowest BCUT2D eigenvalue weighted by Crippen LogP contribution is -2.18. The number of carbonyl (C=O) groups is 1. The van der Waals surface area contributed by atoms with Gasteiger partial charge in [0.1, 0.15) is 0 Å². The second-order valence-corrected chi connectivity index (χ2v) is 7.11. The largest absolute Gasteiger partial charge is 0.377 e. The first kappa shape index (κ1) is 16.4.